The van der Waals surface area contributed by atoms with Crippen LogP contribution in [0.25, 0.3) is 0 Å². The number of rotatable bonds is 4. The van der Waals surface area contributed by atoms with Gasteiger partial charge in [0.25, 0.3) is 5.91 Å². The van der Waals surface area contributed by atoms with Crippen LogP contribution in [0.15, 0.2) is 48.5 Å². The third-order valence-corrected chi connectivity index (χ3v) is 5.64. The monoisotopic (exact) mass is 367 g/mol. The Hall–Kier alpha value is -2.24. The van der Waals surface area contributed by atoms with E-state index in [1.807, 2.05) is 23.1 Å². The zero-order valence-corrected chi connectivity index (χ0v) is 15.5. The van der Waals surface area contributed by atoms with Gasteiger partial charge in [-0.2, -0.15) is 0 Å². The molecule has 0 aliphatic carbocycles. The van der Waals surface area contributed by atoms with Gasteiger partial charge in [-0.3, -0.25) is 9.69 Å². The Labute approximate surface area is 160 Å². The average molecular weight is 367 g/mol. The third-order valence-electron chi connectivity index (χ3n) is 5.64. The lowest BCUT2D eigenvalue weighted by Gasteiger charge is -2.34. The molecule has 0 bridgehead atoms. The number of amides is 1. The lowest BCUT2D eigenvalue weighted by atomic mass is 9.97. The summed E-state index contributed by atoms with van der Waals surface area (Å²) in [5.74, 6) is 0.482. The minimum absolute atomic E-state index is 0.108. The van der Waals surface area contributed by atoms with E-state index in [-0.39, 0.29) is 11.7 Å². The van der Waals surface area contributed by atoms with Gasteiger partial charge in [0.05, 0.1) is 0 Å². The van der Waals surface area contributed by atoms with Crippen molar-refractivity contribution in [2.75, 3.05) is 39.3 Å². The van der Waals surface area contributed by atoms with Gasteiger partial charge in [-0.15, -0.1) is 0 Å². The number of piperazine rings is 1. The van der Waals surface area contributed by atoms with Gasteiger partial charge in [0.15, 0.2) is 0 Å². The summed E-state index contributed by atoms with van der Waals surface area (Å²) < 4.78 is 13.3. The van der Waals surface area contributed by atoms with Gasteiger partial charge in [-0.1, -0.05) is 24.3 Å². The molecule has 1 N–H and O–H groups in total. The van der Waals surface area contributed by atoms with Crippen molar-refractivity contribution in [2.45, 2.75) is 18.9 Å². The molecule has 0 saturated carbocycles. The maximum Gasteiger partial charge on any atom is 0.253 e. The van der Waals surface area contributed by atoms with Gasteiger partial charge >= 0.3 is 0 Å². The summed E-state index contributed by atoms with van der Waals surface area (Å²) >= 11 is 0. The summed E-state index contributed by atoms with van der Waals surface area (Å²) in [6.45, 7) is 5.88. The molecule has 5 heteroatoms. The molecule has 2 heterocycles. The van der Waals surface area contributed by atoms with Gasteiger partial charge in [-0.05, 0) is 54.3 Å². The number of benzene rings is 2. The summed E-state index contributed by atoms with van der Waals surface area (Å²) in [6.07, 6.45) is 1.17. The van der Waals surface area contributed by atoms with Crippen LogP contribution in [-0.4, -0.2) is 55.0 Å². The predicted molar refractivity (Wildman–Crippen MR) is 104 cm³/mol. The molecule has 4 nitrogen and oxygen atoms in total. The van der Waals surface area contributed by atoms with Crippen molar-refractivity contribution >= 4 is 5.91 Å². The zero-order chi connectivity index (χ0) is 18.6. The lowest BCUT2D eigenvalue weighted by molar-refractivity contribution is 0.0628. The molecule has 27 heavy (non-hydrogen) atoms. The van der Waals surface area contributed by atoms with Crippen LogP contribution in [0.3, 0.4) is 0 Å². The number of hydrogen-bond donors (Lipinski definition) is 1. The van der Waals surface area contributed by atoms with Gasteiger partial charge in [0.2, 0.25) is 0 Å². The van der Waals surface area contributed by atoms with Crippen molar-refractivity contribution in [3.05, 3.63) is 71.0 Å². The summed E-state index contributed by atoms with van der Waals surface area (Å²) in [6, 6.07) is 14.9. The van der Waals surface area contributed by atoms with E-state index in [9.17, 15) is 9.18 Å². The molecule has 1 amide bonds. The van der Waals surface area contributed by atoms with Gasteiger partial charge in [-0.25, -0.2) is 4.39 Å². The highest BCUT2D eigenvalue weighted by Crippen LogP contribution is 2.23. The van der Waals surface area contributed by atoms with Crippen molar-refractivity contribution in [1.29, 1.82) is 0 Å². The number of hydrogen-bond acceptors (Lipinski definition) is 3. The quantitative estimate of drug-likeness (QED) is 0.903. The van der Waals surface area contributed by atoms with Gasteiger partial charge < -0.3 is 10.2 Å². The number of carbonyl (C=O) groups is 1. The fraction of sp³-hybridized carbons (Fsp3) is 0.409. The van der Waals surface area contributed by atoms with E-state index in [0.29, 0.717) is 19.0 Å². The fourth-order valence-electron chi connectivity index (χ4n) is 4.02. The standard InChI is InChI=1S/C22H26FN3O/c23-21-3-1-2-17(14-21)16-25-10-12-26(13-11-25)22(27)19-6-4-18(5-7-19)20-8-9-24-15-20/h1-7,14,20,24H,8-13,15-16H2. The third kappa shape index (κ3) is 4.37. The van der Waals surface area contributed by atoms with Crippen LogP contribution in [0.2, 0.25) is 0 Å². The summed E-state index contributed by atoms with van der Waals surface area (Å²) in [4.78, 5) is 17.0. The zero-order valence-electron chi connectivity index (χ0n) is 15.5. The molecular formula is C22H26FN3O. The Morgan fingerprint density at radius 2 is 1.85 bits per heavy atom. The minimum Gasteiger partial charge on any atom is -0.336 e. The number of nitrogens with zero attached hydrogens (tertiary/aromatic N) is 2. The number of halogens is 1. The molecule has 2 aliphatic rings. The largest absolute Gasteiger partial charge is 0.336 e. The van der Waals surface area contributed by atoms with Gasteiger partial charge in [0.1, 0.15) is 5.82 Å². The van der Waals surface area contributed by atoms with Gasteiger partial charge in [0, 0.05) is 44.8 Å². The molecule has 2 fully saturated rings. The maximum absolute atomic E-state index is 13.3. The van der Waals surface area contributed by atoms with Crippen molar-refractivity contribution in [1.82, 2.24) is 15.1 Å². The van der Waals surface area contributed by atoms with E-state index in [2.05, 4.69) is 22.3 Å². The minimum atomic E-state index is -0.196. The first-order valence-corrected chi connectivity index (χ1v) is 9.76. The Morgan fingerprint density at radius 1 is 1.07 bits per heavy atom. The molecule has 142 valence electrons. The highest BCUT2D eigenvalue weighted by Gasteiger charge is 2.23. The van der Waals surface area contributed by atoms with E-state index in [1.54, 1.807) is 12.1 Å². The van der Waals surface area contributed by atoms with Crippen LogP contribution in [0.1, 0.15) is 33.8 Å². The first-order valence-electron chi connectivity index (χ1n) is 9.76. The Bertz CT molecular complexity index is 778. The highest BCUT2D eigenvalue weighted by molar-refractivity contribution is 5.94. The SMILES string of the molecule is O=C(c1ccc(C2CCNC2)cc1)N1CCN(Cc2cccc(F)c2)CC1. The molecule has 2 aliphatic heterocycles. The molecule has 2 aromatic carbocycles. The molecule has 2 saturated heterocycles. The van der Waals surface area contributed by atoms with Crippen molar-refractivity contribution in [3.63, 3.8) is 0 Å². The van der Waals surface area contributed by atoms with Crippen molar-refractivity contribution < 1.29 is 9.18 Å². The van der Waals surface area contributed by atoms with E-state index in [0.717, 1.165) is 43.9 Å². The normalized spacial score (nSPS) is 20.8. The summed E-state index contributed by atoms with van der Waals surface area (Å²) in [7, 11) is 0. The lowest BCUT2D eigenvalue weighted by Crippen LogP contribution is -2.48. The second-order valence-corrected chi connectivity index (χ2v) is 7.51. The maximum atomic E-state index is 13.3. The van der Waals surface area contributed by atoms with Crippen LogP contribution in [0.5, 0.6) is 0 Å². The molecule has 1 unspecified atom stereocenters. The van der Waals surface area contributed by atoms with Crippen LogP contribution >= 0.6 is 0 Å². The molecule has 0 spiro atoms. The molecule has 0 radical (unpaired) electrons. The second kappa shape index (κ2) is 8.19. The van der Waals surface area contributed by atoms with Crippen LogP contribution in [0, 0.1) is 5.82 Å². The smallest absolute Gasteiger partial charge is 0.253 e. The first kappa shape index (κ1) is 18.1. The van der Waals surface area contributed by atoms with E-state index >= 15 is 0 Å². The molecule has 2 aromatic rings. The van der Waals surface area contributed by atoms with Crippen molar-refractivity contribution in [2.24, 2.45) is 0 Å². The van der Waals surface area contributed by atoms with E-state index in [1.165, 1.54) is 18.1 Å². The Morgan fingerprint density at radius 3 is 2.52 bits per heavy atom. The molecule has 1 atom stereocenters. The summed E-state index contributed by atoms with van der Waals surface area (Å²) in [5, 5.41) is 3.38. The highest BCUT2D eigenvalue weighted by atomic mass is 19.1. The molecule has 0 aromatic heterocycles. The Balaban J connectivity index is 1.31. The van der Waals surface area contributed by atoms with Crippen molar-refractivity contribution in [3.8, 4) is 0 Å². The average Bonchev–Trinajstić information content (AvgIpc) is 3.23. The van der Waals surface area contributed by atoms with E-state index < -0.39 is 0 Å². The number of carbonyl (C=O) groups excluding carboxylic acids is 1. The fourth-order valence-corrected chi connectivity index (χ4v) is 4.02. The van der Waals surface area contributed by atoms with E-state index in [4.69, 9.17) is 0 Å². The summed E-state index contributed by atoms with van der Waals surface area (Å²) in [5.41, 5.74) is 3.06. The van der Waals surface area contributed by atoms with Crippen LogP contribution < -0.4 is 5.32 Å². The number of nitrogens with one attached hydrogen (secondary N) is 1. The molecular weight excluding hydrogens is 341 g/mol. The van der Waals surface area contributed by atoms with Crippen LogP contribution in [-0.2, 0) is 6.54 Å². The topological polar surface area (TPSA) is 35.6 Å². The first-order chi connectivity index (χ1) is 13.2. The molecule has 4 rings (SSSR count). The van der Waals surface area contributed by atoms with Crippen LogP contribution in [0.4, 0.5) is 4.39 Å². The predicted octanol–water partition coefficient (Wildman–Crippen LogP) is 2.86. The second-order valence-electron chi connectivity index (χ2n) is 7.51. The Kier molecular flexibility index (Phi) is 5.50.